The molecule has 1 amide bonds. The van der Waals surface area contributed by atoms with Gasteiger partial charge in [0.15, 0.2) is 9.84 Å². The van der Waals surface area contributed by atoms with Crippen LogP contribution in [0.4, 0.5) is 4.79 Å². The Bertz CT molecular complexity index is 1330. The molecule has 0 spiro atoms. The van der Waals surface area contributed by atoms with Gasteiger partial charge in [0, 0.05) is 11.1 Å². The molecule has 0 bridgehead atoms. The van der Waals surface area contributed by atoms with Crippen LogP contribution in [0.5, 0.6) is 5.75 Å². The van der Waals surface area contributed by atoms with Gasteiger partial charge >= 0.3 is 12.1 Å². The Kier molecular flexibility index (Phi) is 8.65. The molecule has 0 aliphatic rings. The summed E-state index contributed by atoms with van der Waals surface area (Å²) in [6.07, 6.45) is 2.33. The fourth-order valence-electron chi connectivity index (χ4n) is 3.54. The minimum atomic E-state index is -3.78. The van der Waals surface area contributed by atoms with Gasteiger partial charge in [0.2, 0.25) is 0 Å². The van der Waals surface area contributed by atoms with E-state index < -0.39 is 39.3 Å². The highest BCUT2D eigenvalue weighted by molar-refractivity contribution is 7.90. The number of alkyl carbamates (subject to hydrolysis) is 1. The van der Waals surface area contributed by atoms with Crippen LogP contribution in [-0.4, -0.2) is 45.8 Å². The molecule has 0 radical (unpaired) electrons. The zero-order chi connectivity index (χ0) is 27.2. The number of benzene rings is 2. The molecule has 1 atom stereocenters. The van der Waals surface area contributed by atoms with Gasteiger partial charge in [0.25, 0.3) is 0 Å². The van der Waals surface area contributed by atoms with E-state index in [0.717, 1.165) is 0 Å². The van der Waals surface area contributed by atoms with Gasteiger partial charge in [-0.1, -0.05) is 30.3 Å². The van der Waals surface area contributed by atoms with E-state index in [0.29, 0.717) is 11.1 Å². The molecule has 2 aromatic carbocycles. The van der Waals surface area contributed by atoms with E-state index in [1.54, 1.807) is 64.1 Å². The zero-order valence-electron chi connectivity index (χ0n) is 21.4. The lowest BCUT2D eigenvalue weighted by molar-refractivity contribution is 0.0489. The first-order chi connectivity index (χ1) is 17.4. The summed E-state index contributed by atoms with van der Waals surface area (Å²) in [5.41, 5.74) is 0.635. The summed E-state index contributed by atoms with van der Waals surface area (Å²) >= 11 is 0. The minimum absolute atomic E-state index is 0.0230. The topological polar surface area (TPSA) is 121 Å². The van der Waals surface area contributed by atoms with Gasteiger partial charge in [0.05, 0.1) is 36.3 Å². The Morgan fingerprint density at radius 1 is 1.05 bits per heavy atom. The van der Waals surface area contributed by atoms with Crippen molar-refractivity contribution in [3.8, 4) is 16.9 Å². The zero-order valence-corrected chi connectivity index (χ0v) is 22.3. The van der Waals surface area contributed by atoms with Crippen molar-refractivity contribution in [2.45, 2.75) is 50.0 Å². The van der Waals surface area contributed by atoms with Crippen LogP contribution in [0.2, 0.25) is 0 Å². The van der Waals surface area contributed by atoms with Gasteiger partial charge in [-0.2, -0.15) is 0 Å². The maximum Gasteiger partial charge on any atom is 0.407 e. The summed E-state index contributed by atoms with van der Waals surface area (Å²) in [6, 6.07) is 12.4. The molecular weight excluding hydrogens is 498 g/mol. The van der Waals surface area contributed by atoms with Gasteiger partial charge < -0.3 is 23.9 Å². The van der Waals surface area contributed by atoms with Gasteiger partial charge in [-0.25, -0.2) is 18.0 Å². The second-order valence-corrected chi connectivity index (χ2v) is 11.4. The van der Waals surface area contributed by atoms with E-state index in [4.69, 9.17) is 18.6 Å². The summed E-state index contributed by atoms with van der Waals surface area (Å²) in [5, 5.41) is 2.68. The molecule has 198 valence electrons. The second-order valence-electron chi connectivity index (χ2n) is 9.41. The summed E-state index contributed by atoms with van der Waals surface area (Å²) in [5.74, 6) is -1.09. The Morgan fingerprint density at radius 2 is 1.76 bits per heavy atom. The van der Waals surface area contributed by atoms with Gasteiger partial charge in [0.1, 0.15) is 23.5 Å². The van der Waals surface area contributed by atoms with Crippen molar-refractivity contribution in [3.63, 3.8) is 0 Å². The Labute approximate surface area is 216 Å². The van der Waals surface area contributed by atoms with Crippen molar-refractivity contribution < 1.29 is 36.6 Å². The summed E-state index contributed by atoms with van der Waals surface area (Å²) < 4.78 is 47.8. The third-order valence-electron chi connectivity index (χ3n) is 5.15. The maximum absolute atomic E-state index is 13.1. The normalized spacial score (nSPS) is 12.5. The highest BCUT2D eigenvalue weighted by atomic mass is 32.2. The van der Waals surface area contributed by atoms with Crippen molar-refractivity contribution in [2.75, 3.05) is 13.7 Å². The first kappa shape index (κ1) is 27.8. The number of amides is 1. The number of hydrogen-bond acceptors (Lipinski definition) is 8. The molecule has 0 aliphatic carbocycles. The fraction of sp³-hybridized carbons (Fsp3) is 0.333. The molecule has 3 aromatic rings. The van der Waals surface area contributed by atoms with Crippen LogP contribution in [0.3, 0.4) is 0 Å². The lowest BCUT2D eigenvalue weighted by Gasteiger charge is -2.23. The number of furan rings is 1. The minimum Gasteiger partial charge on any atom is -0.490 e. The smallest absolute Gasteiger partial charge is 0.407 e. The Hall–Kier alpha value is -3.79. The number of sulfone groups is 1. The standard InChI is InChI=1S/C27H31NO8S/c1-18(28-26(30)36-27(2,3)4)15-35-24-22(19-13-14-34-16-19)12-11-20(23(24)25(29)33-5)17-37(31,32)21-9-7-6-8-10-21/h6-14,16,18H,15,17H2,1-5H3,(H,28,30). The van der Waals surface area contributed by atoms with Crippen LogP contribution in [0.15, 0.2) is 70.4 Å². The van der Waals surface area contributed by atoms with Crippen LogP contribution >= 0.6 is 0 Å². The third-order valence-corrected chi connectivity index (χ3v) is 6.84. The third kappa shape index (κ3) is 7.36. The average molecular weight is 530 g/mol. The first-order valence-corrected chi connectivity index (χ1v) is 13.2. The highest BCUT2D eigenvalue weighted by Crippen LogP contribution is 2.37. The number of methoxy groups -OCH3 is 1. The van der Waals surface area contributed by atoms with Crippen LogP contribution in [-0.2, 0) is 25.1 Å². The van der Waals surface area contributed by atoms with E-state index in [2.05, 4.69) is 5.32 Å². The maximum atomic E-state index is 13.1. The summed E-state index contributed by atoms with van der Waals surface area (Å²) in [7, 11) is -2.57. The Balaban J connectivity index is 2.00. The highest BCUT2D eigenvalue weighted by Gasteiger charge is 2.27. The molecule has 10 heteroatoms. The molecule has 1 aromatic heterocycles. The molecule has 0 fully saturated rings. The SMILES string of the molecule is COC(=O)c1c(CS(=O)(=O)c2ccccc2)ccc(-c2ccoc2)c1OCC(C)NC(=O)OC(C)(C)C. The molecule has 0 aliphatic heterocycles. The first-order valence-electron chi connectivity index (χ1n) is 11.6. The van der Waals surface area contributed by atoms with Crippen molar-refractivity contribution in [1.82, 2.24) is 5.32 Å². The van der Waals surface area contributed by atoms with Crippen LogP contribution in [0.25, 0.3) is 11.1 Å². The molecule has 37 heavy (non-hydrogen) atoms. The number of carbonyl (C=O) groups excluding carboxylic acids is 2. The lowest BCUT2D eigenvalue weighted by Crippen LogP contribution is -2.40. The largest absolute Gasteiger partial charge is 0.490 e. The number of hydrogen-bond donors (Lipinski definition) is 1. The number of nitrogens with one attached hydrogen (secondary N) is 1. The molecule has 0 saturated carbocycles. The lowest BCUT2D eigenvalue weighted by atomic mass is 9.99. The molecule has 9 nitrogen and oxygen atoms in total. The summed E-state index contributed by atoms with van der Waals surface area (Å²) in [6.45, 7) is 6.93. The van der Waals surface area contributed by atoms with Gasteiger partial charge in [-0.3, -0.25) is 0 Å². The van der Waals surface area contributed by atoms with E-state index in [1.165, 1.54) is 31.8 Å². The number of rotatable bonds is 9. The molecule has 1 unspecified atom stereocenters. The van der Waals surface area contributed by atoms with Crippen LogP contribution in [0, 0.1) is 0 Å². The quantitative estimate of drug-likeness (QED) is 0.385. The fourth-order valence-corrected chi connectivity index (χ4v) is 4.93. The van der Waals surface area contributed by atoms with E-state index in [-0.39, 0.29) is 28.4 Å². The molecule has 0 saturated heterocycles. The number of ether oxygens (including phenoxy) is 3. The van der Waals surface area contributed by atoms with Crippen molar-refractivity contribution in [1.29, 1.82) is 0 Å². The van der Waals surface area contributed by atoms with Crippen molar-refractivity contribution in [3.05, 3.63) is 72.2 Å². The Morgan fingerprint density at radius 3 is 2.35 bits per heavy atom. The van der Waals surface area contributed by atoms with E-state index >= 15 is 0 Å². The van der Waals surface area contributed by atoms with Crippen molar-refractivity contribution in [2.24, 2.45) is 0 Å². The molecule has 3 rings (SSSR count). The predicted octanol–water partition coefficient (Wildman–Crippen LogP) is 5.00. The number of carbonyl (C=O) groups is 2. The average Bonchev–Trinajstić information content (AvgIpc) is 3.36. The predicted molar refractivity (Wildman–Crippen MR) is 137 cm³/mol. The molecule has 1 heterocycles. The second kappa shape index (κ2) is 11.5. The van der Waals surface area contributed by atoms with Crippen LogP contribution < -0.4 is 10.1 Å². The van der Waals surface area contributed by atoms with Gasteiger partial charge in [-0.05, 0) is 51.5 Å². The summed E-state index contributed by atoms with van der Waals surface area (Å²) in [4.78, 5) is 25.3. The monoisotopic (exact) mass is 529 g/mol. The van der Waals surface area contributed by atoms with E-state index in [1.807, 2.05) is 0 Å². The van der Waals surface area contributed by atoms with E-state index in [9.17, 15) is 18.0 Å². The molecule has 1 N–H and O–H groups in total. The number of esters is 1. The van der Waals surface area contributed by atoms with Crippen LogP contribution in [0.1, 0.15) is 43.6 Å². The molecular formula is C27H31NO8S. The van der Waals surface area contributed by atoms with Gasteiger partial charge in [-0.15, -0.1) is 0 Å². The van der Waals surface area contributed by atoms with Crippen molar-refractivity contribution >= 4 is 21.9 Å².